The lowest BCUT2D eigenvalue weighted by molar-refractivity contribution is -0.139. The Labute approximate surface area is 149 Å². The lowest BCUT2D eigenvalue weighted by atomic mass is 10.0. The molecule has 0 unspecified atom stereocenters. The predicted octanol–water partition coefficient (Wildman–Crippen LogP) is 3.23. The summed E-state index contributed by atoms with van der Waals surface area (Å²) in [7, 11) is 0. The van der Waals surface area contributed by atoms with Gasteiger partial charge in [0.1, 0.15) is 6.04 Å². The smallest absolute Gasteiger partial charge is 0.326 e. The number of carboxylic acid groups (broad SMARTS) is 1. The van der Waals surface area contributed by atoms with Crippen LogP contribution >= 0.6 is 11.3 Å². The van der Waals surface area contributed by atoms with E-state index in [2.05, 4.69) is 10.6 Å². The lowest BCUT2D eigenvalue weighted by Gasteiger charge is -2.16. The molecule has 1 atom stereocenters. The Kier molecular flexibility index (Phi) is 6.30. The standard InChI is InChI=1S/C18H20N2O4S/c1-11(2)9-14(18(23)24)20-16(21)12-5-3-6-13(10-12)19-17(22)15-7-4-8-25-15/h3-8,10-11,14H,9H2,1-2H3,(H,19,22)(H,20,21)(H,23,24)/t14-/m0/s1. The van der Waals surface area contributed by atoms with Gasteiger partial charge in [0.2, 0.25) is 0 Å². The average molecular weight is 360 g/mol. The molecule has 0 saturated carbocycles. The Bertz CT molecular complexity index is 756. The van der Waals surface area contributed by atoms with Crippen molar-refractivity contribution in [2.45, 2.75) is 26.3 Å². The molecule has 0 aliphatic carbocycles. The summed E-state index contributed by atoms with van der Waals surface area (Å²) in [4.78, 5) is 36.2. The Balaban J connectivity index is 2.07. The monoisotopic (exact) mass is 360 g/mol. The molecule has 132 valence electrons. The molecule has 0 bridgehead atoms. The van der Waals surface area contributed by atoms with Gasteiger partial charge in [-0.05, 0) is 42.0 Å². The number of rotatable bonds is 7. The molecule has 1 heterocycles. The van der Waals surface area contributed by atoms with Gasteiger partial charge in [-0.15, -0.1) is 11.3 Å². The Morgan fingerprint density at radius 3 is 2.48 bits per heavy atom. The van der Waals surface area contributed by atoms with E-state index in [0.717, 1.165) is 0 Å². The fourth-order valence-corrected chi connectivity index (χ4v) is 2.89. The van der Waals surface area contributed by atoms with Gasteiger partial charge in [-0.1, -0.05) is 26.0 Å². The van der Waals surface area contributed by atoms with Crippen molar-refractivity contribution in [3.8, 4) is 0 Å². The van der Waals surface area contributed by atoms with E-state index in [1.165, 1.54) is 17.4 Å². The highest BCUT2D eigenvalue weighted by molar-refractivity contribution is 7.12. The van der Waals surface area contributed by atoms with Crippen LogP contribution in [0.4, 0.5) is 5.69 Å². The van der Waals surface area contributed by atoms with Crippen LogP contribution in [0, 0.1) is 5.92 Å². The highest BCUT2D eigenvalue weighted by Crippen LogP contribution is 2.15. The van der Waals surface area contributed by atoms with E-state index >= 15 is 0 Å². The van der Waals surface area contributed by atoms with Gasteiger partial charge in [-0.25, -0.2) is 4.79 Å². The minimum atomic E-state index is -1.07. The maximum absolute atomic E-state index is 12.3. The summed E-state index contributed by atoms with van der Waals surface area (Å²) in [6, 6.07) is 8.95. The van der Waals surface area contributed by atoms with E-state index in [-0.39, 0.29) is 11.8 Å². The second-order valence-electron chi connectivity index (χ2n) is 6.01. The normalized spacial score (nSPS) is 11.8. The number of carboxylic acids is 1. The molecule has 7 heteroatoms. The molecule has 0 aliphatic rings. The zero-order chi connectivity index (χ0) is 18.4. The molecule has 2 amide bonds. The first-order chi connectivity index (χ1) is 11.9. The molecule has 3 N–H and O–H groups in total. The van der Waals surface area contributed by atoms with Crippen LogP contribution < -0.4 is 10.6 Å². The largest absolute Gasteiger partial charge is 0.480 e. The van der Waals surface area contributed by atoms with E-state index in [9.17, 15) is 19.5 Å². The van der Waals surface area contributed by atoms with E-state index in [0.29, 0.717) is 22.5 Å². The summed E-state index contributed by atoms with van der Waals surface area (Å²) in [5, 5.41) is 16.3. The van der Waals surface area contributed by atoms with E-state index in [1.54, 1.807) is 35.7 Å². The van der Waals surface area contributed by atoms with Crippen LogP contribution in [-0.2, 0) is 4.79 Å². The summed E-state index contributed by atoms with van der Waals surface area (Å²) < 4.78 is 0. The lowest BCUT2D eigenvalue weighted by Crippen LogP contribution is -2.41. The molecule has 6 nitrogen and oxygen atoms in total. The molecule has 25 heavy (non-hydrogen) atoms. The maximum atomic E-state index is 12.3. The number of carbonyl (C=O) groups excluding carboxylic acids is 2. The third-order valence-corrected chi connectivity index (χ3v) is 4.31. The first kappa shape index (κ1) is 18.7. The Morgan fingerprint density at radius 1 is 1.12 bits per heavy atom. The highest BCUT2D eigenvalue weighted by atomic mass is 32.1. The minimum Gasteiger partial charge on any atom is -0.480 e. The predicted molar refractivity (Wildman–Crippen MR) is 97.1 cm³/mol. The van der Waals surface area contributed by atoms with Crippen molar-refractivity contribution in [2.24, 2.45) is 5.92 Å². The average Bonchev–Trinajstić information content (AvgIpc) is 3.08. The molecule has 2 rings (SSSR count). The highest BCUT2D eigenvalue weighted by Gasteiger charge is 2.22. The number of aliphatic carboxylic acids is 1. The van der Waals surface area contributed by atoms with Crippen molar-refractivity contribution in [3.05, 3.63) is 52.2 Å². The van der Waals surface area contributed by atoms with Gasteiger partial charge in [0, 0.05) is 11.3 Å². The van der Waals surface area contributed by atoms with Crippen LogP contribution in [0.5, 0.6) is 0 Å². The number of amides is 2. The molecule has 1 aromatic carbocycles. The molecule has 0 aliphatic heterocycles. The Hall–Kier alpha value is -2.67. The zero-order valence-corrected chi connectivity index (χ0v) is 14.8. The molecular weight excluding hydrogens is 340 g/mol. The van der Waals surface area contributed by atoms with Crippen molar-refractivity contribution in [2.75, 3.05) is 5.32 Å². The fraction of sp³-hybridized carbons (Fsp3) is 0.278. The minimum absolute atomic E-state index is 0.137. The second kappa shape index (κ2) is 8.43. The van der Waals surface area contributed by atoms with Gasteiger partial charge < -0.3 is 15.7 Å². The fourth-order valence-electron chi connectivity index (χ4n) is 2.27. The number of anilines is 1. The van der Waals surface area contributed by atoms with Crippen molar-refractivity contribution in [1.82, 2.24) is 5.32 Å². The van der Waals surface area contributed by atoms with Gasteiger partial charge in [-0.2, -0.15) is 0 Å². The summed E-state index contributed by atoms with van der Waals surface area (Å²) in [5.41, 5.74) is 0.765. The third-order valence-electron chi connectivity index (χ3n) is 3.44. The van der Waals surface area contributed by atoms with Crippen LogP contribution in [-0.4, -0.2) is 28.9 Å². The molecule has 1 aromatic heterocycles. The number of carbonyl (C=O) groups is 3. The molecule has 2 aromatic rings. The van der Waals surface area contributed by atoms with E-state index < -0.39 is 17.9 Å². The number of hydrogen-bond acceptors (Lipinski definition) is 4. The number of nitrogens with one attached hydrogen (secondary N) is 2. The van der Waals surface area contributed by atoms with Gasteiger partial charge in [0.05, 0.1) is 4.88 Å². The van der Waals surface area contributed by atoms with Crippen LogP contribution in [0.15, 0.2) is 41.8 Å². The molecule has 0 saturated heterocycles. The maximum Gasteiger partial charge on any atom is 0.326 e. The van der Waals surface area contributed by atoms with Crippen LogP contribution in [0.25, 0.3) is 0 Å². The first-order valence-corrected chi connectivity index (χ1v) is 8.73. The molecule has 0 fully saturated rings. The molecular formula is C18H20N2O4S. The zero-order valence-electron chi connectivity index (χ0n) is 14.0. The Morgan fingerprint density at radius 2 is 1.88 bits per heavy atom. The SMILES string of the molecule is CC(C)C[C@H](NC(=O)c1cccc(NC(=O)c2cccs2)c1)C(=O)O. The van der Waals surface area contributed by atoms with Crippen molar-refractivity contribution in [1.29, 1.82) is 0 Å². The summed E-state index contributed by atoms with van der Waals surface area (Å²) in [6.07, 6.45) is 0.343. The van der Waals surface area contributed by atoms with Crippen molar-refractivity contribution >= 4 is 34.8 Å². The van der Waals surface area contributed by atoms with Gasteiger partial charge in [0.15, 0.2) is 0 Å². The quantitative estimate of drug-likeness (QED) is 0.706. The number of thiophene rings is 1. The van der Waals surface area contributed by atoms with Gasteiger partial charge in [0.25, 0.3) is 11.8 Å². The van der Waals surface area contributed by atoms with E-state index in [4.69, 9.17) is 0 Å². The summed E-state index contributed by atoms with van der Waals surface area (Å²) >= 11 is 1.32. The van der Waals surface area contributed by atoms with Crippen LogP contribution in [0.2, 0.25) is 0 Å². The van der Waals surface area contributed by atoms with Crippen LogP contribution in [0.1, 0.15) is 40.3 Å². The number of hydrogen-bond donors (Lipinski definition) is 3. The first-order valence-electron chi connectivity index (χ1n) is 7.85. The van der Waals surface area contributed by atoms with Crippen molar-refractivity contribution in [3.63, 3.8) is 0 Å². The van der Waals surface area contributed by atoms with Crippen LogP contribution in [0.3, 0.4) is 0 Å². The topological polar surface area (TPSA) is 95.5 Å². The second-order valence-corrected chi connectivity index (χ2v) is 6.95. The van der Waals surface area contributed by atoms with Crippen molar-refractivity contribution < 1.29 is 19.5 Å². The molecule has 0 spiro atoms. The third kappa shape index (κ3) is 5.42. The summed E-state index contributed by atoms with van der Waals surface area (Å²) in [5.74, 6) is -1.67. The van der Waals surface area contributed by atoms with Gasteiger partial charge >= 0.3 is 5.97 Å². The number of benzene rings is 1. The summed E-state index contributed by atoms with van der Waals surface area (Å²) in [6.45, 7) is 3.78. The molecule has 0 radical (unpaired) electrons. The van der Waals surface area contributed by atoms with Gasteiger partial charge in [-0.3, -0.25) is 9.59 Å². The van der Waals surface area contributed by atoms with E-state index in [1.807, 2.05) is 13.8 Å².